The maximum Gasteiger partial charge on any atom is 0.256 e. The van der Waals surface area contributed by atoms with Crippen molar-refractivity contribution in [1.29, 1.82) is 0 Å². The first-order valence-corrected chi connectivity index (χ1v) is 11.1. The molecule has 7 heteroatoms. The van der Waals surface area contributed by atoms with Gasteiger partial charge in [0.25, 0.3) is 5.91 Å². The van der Waals surface area contributed by atoms with Gasteiger partial charge in [0.15, 0.2) is 0 Å². The van der Waals surface area contributed by atoms with E-state index in [1.165, 1.54) is 6.07 Å². The van der Waals surface area contributed by atoms with Crippen molar-refractivity contribution < 1.29 is 18.4 Å². The number of carbonyl (C=O) groups excluding carboxylic acids is 2. The van der Waals surface area contributed by atoms with E-state index in [9.17, 15) is 18.4 Å². The van der Waals surface area contributed by atoms with Gasteiger partial charge in [-0.3, -0.25) is 14.5 Å². The third kappa shape index (κ3) is 5.56. The topological polar surface area (TPSA) is 52.7 Å². The fourth-order valence-electron chi connectivity index (χ4n) is 4.58. The summed E-state index contributed by atoms with van der Waals surface area (Å²) in [5.41, 5.74) is -0.108. The number of carbonyl (C=O) groups is 2. The molecule has 30 heavy (non-hydrogen) atoms. The molecule has 166 valence electrons. The van der Waals surface area contributed by atoms with Crippen molar-refractivity contribution in [3.63, 3.8) is 0 Å². The largest absolute Gasteiger partial charge is 0.355 e. The van der Waals surface area contributed by atoms with Gasteiger partial charge in [-0.25, -0.2) is 8.78 Å². The first-order valence-electron chi connectivity index (χ1n) is 11.1. The highest BCUT2D eigenvalue weighted by Crippen LogP contribution is 2.31. The molecule has 1 aliphatic heterocycles. The Bertz CT molecular complexity index is 742. The Kier molecular flexibility index (Phi) is 7.81. The summed E-state index contributed by atoms with van der Waals surface area (Å²) in [6.45, 7) is 6.97. The summed E-state index contributed by atoms with van der Waals surface area (Å²) >= 11 is 0. The first-order chi connectivity index (χ1) is 14.4. The molecule has 1 saturated heterocycles. The van der Waals surface area contributed by atoms with Gasteiger partial charge in [-0.2, -0.15) is 0 Å². The Labute approximate surface area is 177 Å². The smallest absolute Gasteiger partial charge is 0.256 e. The molecule has 0 aromatic heterocycles. The summed E-state index contributed by atoms with van der Waals surface area (Å²) in [7, 11) is 0. The number of nitrogens with zero attached hydrogens (tertiary/aromatic N) is 2. The van der Waals surface area contributed by atoms with Crippen molar-refractivity contribution >= 4 is 11.8 Å². The van der Waals surface area contributed by atoms with E-state index in [0.29, 0.717) is 44.6 Å². The molecule has 2 amide bonds. The van der Waals surface area contributed by atoms with E-state index in [1.807, 2.05) is 0 Å². The Hall–Kier alpha value is -2.02. The molecule has 1 aromatic carbocycles. The number of hydrogen-bond acceptors (Lipinski definition) is 3. The second-order valence-electron chi connectivity index (χ2n) is 8.92. The Morgan fingerprint density at radius 2 is 1.77 bits per heavy atom. The van der Waals surface area contributed by atoms with Crippen LogP contribution in [0.25, 0.3) is 0 Å². The molecule has 0 spiro atoms. The summed E-state index contributed by atoms with van der Waals surface area (Å²) in [5, 5.41) is 3.11. The van der Waals surface area contributed by atoms with E-state index in [4.69, 9.17) is 0 Å². The molecular weight excluding hydrogens is 388 g/mol. The third-order valence-corrected chi connectivity index (χ3v) is 6.29. The normalized spacial score (nSPS) is 19.3. The van der Waals surface area contributed by atoms with E-state index in [0.717, 1.165) is 44.2 Å². The van der Waals surface area contributed by atoms with Crippen molar-refractivity contribution in [3.8, 4) is 0 Å². The van der Waals surface area contributed by atoms with Gasteiger partial charge in [-0.1, -0.05) is 26.7 Å². The van der Waals surface area contributed by atoms with Crippen LogP contribution >= 0.6 is 0 Å². The van der Waals surface area contributed by atoms with Crippen LogP contribution in [0.4, 0.5) is 8.78 Å². The number of halogens is 2. The number of benzene rings is 1. The van der Waals surface area contributed by atoms with Crippen LogP contribution in [0.15, 0.2) is 18.2 Å². The molecule has 1 heterocycles. The van der Waals surface area contributed by atoms with Gasteiger partial charge in [0.1, 0.15) is 11.6 Å². The quantitative estimate of drug-likeness (QED) is 0.734. The summed E-state index contributed by atoms with van der Waals surface area (Å²) < 4.78 is 27.1. The number of rotatable bonds is 7. The average molecular weight is 422 g/mol. The van der Waals surface area contributed by atoms with Gasteiger partial charge in [-0.15, -0.1) is 0 Å². The monoisotopic (exact) mass is 421 g/mol. The Morgan fingerprint density at radius 3 is 2.37 bits per heavy atom. The lowest BCUT2D eigenvalue weighted by Gasteiger charge is -2.40. The maximum absolute atomic E-state index is 14.0. The maximum atomic E-state index is 14.0. The second-order valence-corrected chi connectivity index (χ2v) is 8.92. The predicted molar refractivity (Wildman–Crippen MR) is 112 cm³/mol. The van der Waals surface area contributed by atoms with Gasteiger partial charge in [-0.05, 0) is 43.2 Å². The lowest BCUT2D eigenvalue weighted by atomic mass is 9.94. The standard InChI is InChI=1S/C23H33F2N3O2/c1-16(2)9-10-26-22(29)21(17-5-3-4-6-17)27-11-13-28(14-12-27)23(30)19-8-7-18(24)15-20(19)25/h7-8,15-17,21H,3-6,9-14H2,1-2H3,(H,26,29). The zero-order chi connectivity index (χ0) is 21.7. The Balaban J connectivity index is 1.62. The average Bonchev–Trinajstić information content (AvgIpc) is 3.22. The molecule has 1 N–H and O–H groups in total. The molecule has 2 aliphatic rings. The summed E-state index contributed by atoms with van der Waals surface area (Å²) in [5.74, 6) is -0.983. The molecule has 0 radical (unpaired) electrons. The van der Waals surface area contributed by atoms with Crippen molar-refractivity contribution in [3.05, 3.63) is 35.4 Å². The van der Waals surface area contributed by atoms with E-state index in [1.54, 1.807) is 4.90 Å². The third-order valence-electron chi connectivity index (χ3n) is 6.29. The van der Waals surface area contributed by atoms with Crippen molar-refractivity contribution in [1.82, 2.24) is 15.1 Å². The minimum absolute atomic E-state index is 0.0897. The summed E-state index contributed by atoms with van der Waals surface area (Å²) in [6.07, 6.45) is 5.38. The predicted octanol–water partition coefficient (Wildman–Crippen LogP) is 3.44. The van der Waals surface area contributed by atoms with E-state index >= 15 is 0 Å². The highest BCUT2D eigenvalue weighted by Gasteiger charge is 2.37. The molecule has 1 saturated carbocycles. The van der Waals surface area contributed by atoms with Crippen LogP contribution in [0.1, 0.15) is 56.3 Å². The zero-order valence-electron chi connectivity index (χ0n) is 18.0. The SMILES string of the molecule is CC(C)CCNC(=O)C(C1CCCC1)N1CCN(C(=O)c2ccc(F)cc2F)CC1. The van der Waals surface area contributed by atoms with Crippen molar-refractivity contribution in [2.45, 2.75) is 52.0 Å². The summed E-state index contributed by atoms with van der Waals surface area (Å²) in [6, 6.07) is 2.87. The number of hydrogen-bond donors (Lipinski definition) is 1. The van der Waals surface area contributed by atoms with Crippen LogP contribution in [0.5, 0.6) is 0 Å². The fourth-order valence-corrected chi connectivity index (χ4v) is 4.58. The summed E-state index contributed by atoms with van der Waals surface area (Å²) in [4.78, 5) is 29.5. The highest BCUT2D eigenvalue weighted by molar-refractivity contribution is 5.94. The zero-order valence-corrected chi connectivity index (χ0v) is 18.0. The van der Waals surface area contributed by atoms with E-state index < -0.39 is 17.5 Å². The van der Waals surface area contributed by atoms with Crippen molar-refractivity contribution in [2.24, 2.45) is 11.8 Å². The fraction of sp³-hybridized carbons (Fsp3) is 0.652. The highest BCUT2D eigenvalue weighted by atomic mass is 19.1. The van der Waals surface area contributed by atoms with Gasteiger partial charge < -0.3 is 10.2 Å². The number of piperazine rings is 1. The van der Waals surface area contributed by atoms with Gasteiger partial charge >= 0.3 is 0 Å². The van der Waals surface area contributed by atoms with Crippen LogP contribution in [0.3, 0.4) is 0 Å². The lowest BCUT2D eigenvalue weighted by molar-refractivity contribution is -0.129. The molecule has 0 bridgehead atoms. The van der Waals surface area contributed by atoms with Crippen molar-refractivity contribution in [2.75, 3.05) is 32.7 Å². The number of nitrogens with one attached hydrogen (secondary N) is 1. The molecular formula is C23H33F2N3O2. The molecule has 5 nitrogen and oxygen atoms in total. The van der Waals surface area contributed by atoms with Crippen LogP contribution < -0.4 is 5.32 Å². The molecule has 1 aliphatic carbocycles. The van der Waals surface area contributed by atoms with E-state index in [2.05, 4.69) is 24.1 Å². The number of amides is 2. The second kappa shape index (κ2) is 10.3. The van der Waals surface area contributed by atoms with Gasteiger partial charge in [0.05, 0.1) is 11.6 Å². The van der Waals surface area contributed by atoms with E-state index in [-0.39, 0.29) is 17.5 Å². The van der Waals surface area contributed by atoms with Crippen LogP contribution in [-0.2, 0) is 4.79 Å². The lowest BCUT2D eigenvalue weighted by Crippen LogP contribution is -2.58. The van der Waals surface area contributed by atoms with Crippen LogP contribution in [-0.4, -0.2) is 60.4 Å². The van der Waals surface area contributed by atoms with Gasteiger partial charge in [0, 0.05) is 38.8 Å². The molecule has 1 unspecified atom stereocenters. The molecule has 3 rings (SSSR count). The van der Waals surface area contributed by atoms with Gasteiger partial charge in [0.2, 0.25) is 5.91 Å². The molecule has 1 atom stereocenters. The van der Waals surface area contributed by atoms with Crippen LogP contribution in [0, 0.1) is 23.5 Å². The molecule has 1 aromatic rings. The molecule has 2 fully saturated rings. The van der Waals surface area contributed by atoms with Crippen LogP contribution in [0.2, 0.25) is 0 Å². The minimum atomic E-state index is -0.837. The minimum Gasteiger partial charge on any atom is -0.355 e. The first kappa shape index (κ1) is 22.7. The Morgan fingerprint density at radius 1 is 1.10 bits per heavy atom.